The molecule has 0 aliphatic carbocycles. The molecule has 1 N–H and O–H groups in total. The molecule has 8 heteroatoms. The third-order valence-electron chi connectivity index (χ3n) is 5.29. The molecule has 150 valence electrons. The zero-order chi connectivity index (χ0) is 19.3. The summed E-state index contributed by atoms with van der Waals surface area (Å²) < 4.78 is 30.3. The maximum Gasteiger partial charge on any atom is 0.224 e. The summed E-state index contributed by atoms with van der Waals surface area (Å²) in [6.45, 7) is 5.46. The lowest BCUT2D eigenvalue weighted by molar-refractivity contribution is -0.126. The van der Waals surface area contributed by atoms with Crippen LogP contribution in [-0.2, 0) is 32.6 Å². The number of hydrogen-bond donors (Lipinski definition) is 1. The van der Waals surface area contributed by atoms with Gasteiger partial charge in [0.15, 0.2) is 0 Å². The van der Waals surface area contributed by atoms with Crippen LogP contribution in [-0.4, -0.2) is 69.2 Å². The first kappa shape index (κ1) is 20.3. The van der Waals surface area contributed by atoms with Crippen molar-refractivity contribution in [1.82, 2.24) is 14.5 Å². The molecule has 0 aromatic heterocycles. The van der Waals surface area contributed by atoms with Crippen molar-refractivity contribution in [3.8, 4) is 0 Å². The number of carbonyl (C=O) groups is 1. The van der Waals surface area contributed by atoms with Crippen molar-refractivity contribution >= 4 is 15.9 Å². The quantitative estimate of drug-likeness (QED) is 0.771. The predicted molar refractivity (Wildman–Crippen MR) is 104 cm³/mol. The second kappa shape index (κ2) is 9.14. The molecule has 1 atom stereocenters. The van der Waals surface area contributed by atoms with Crippen LogP contribution < -0.4 is 5.32 Å². The highest BCUT2D eigenvalue weighted by molar-refractivity contribution is 7.88. The van der Waals surface area contributed by atoms with Gasteiger partial charge < -0.3 is 10.1 Å². The fraction of sp³-hybridized carbons (Fsp3) is 0.632. The number of carbonyl (C=O) groups excluding carboxylic acids is 1. The van der Waals surface area contributed by atoms with E-state index in [1.54, 1.807) is 0 Å². The van der Waals surface area contributed by atoms with Gasteiger partial charge in [0.05, 0.1) is 25.4 Å². The van der Waals surface area contributed by atoms with Crippen LogP contribution in [0.25, 0.3) is 0 Å². The molecule has 27 heavy (non-hydrogen) atoms. The van der Waals surface area contributed by atoms with Crippen LogP contribution in [0, 0.1) is 5.92 Å². The Hall–Kier alpha value is -1.48. The maximum absolute atomic E-state index is 12.6. The molecule has 2 heterocycles. The second-order valence-corrected chi connectivity index (χ2v) is 9.32. The molecule has 0 radical (unpaired) electrons. The number of ether oxygens (including phenoxy) is 1. The fourth-order valence-electron chi connectivity index (χ4n) is 3.67. The van der Waals surface area contributed by atoms with E-state index < -0.39 is 10.0 Å². The SMILES string of the molecule is CS(=O)(=O)N1CCC[C@H](C(=O)NCc2ccccc2CN2CCOCC2)C1. The molecule has 7 nitrogen and oxygen atoms in total. The van der Waals surface area contributed by atoms with E-state index in [-0.39, 0.29) is 18.4 Å². The molecule has 0 unspecified atom stereocenters. The van der Waals surface area contributed by atoms with E-state index >= 15 is 0 Å². The molecule has 2 aliphatic rings. The third kappa shape index (κ3) is 5.75. The van der Waals surface area contributed by atoms with Gasteiger partial charge in [-0.2, -0.15) is 0 Å². The van der Waals surface area contributed by atoms with Crippen LogP contribution in [0.15, 0.2) is 24.3 Å². The van der Waals surface area contributed by atoms with Crippen molar-refractivity contribution < 1.29 is 17.9 Å². The largest absolute Gasteiger partial charge is 0.379 e. The summed E-state index contributed by atoms with van der Waals surface area (Å²) in [5.74, 6) is -0.343. The second-order valence-electron chi connectivity index (χ2n) is 7.34. The van der Waals surface area contributed by atoms with Gasteiger partial charge in [0.25, 0.3) is 0 Å². The summed E-state index contributed by atoms with van der Waals surface area (Å²) in [6.07, 6.45) is 2.65. The molecular formula is C19H29N3O4S. The summed E-state index contributed by atoms with van der Waals surface area (Å²) in [6, 6.07) is 8.14. The van der Waals surface area contributed by atoms with Gasteiger partial charge in [0.1, 0.15) is 0 Å². The number of nitrogens with zero attached hydrogens (tertiary/aromatic N) is 2. The molecule has 2 aliphatic heterocycles. The number of amides is 1. The molecule has 0 spiro atoms. The van der Waals surface area contributed by atoms with E-state index in [0.29, 0.717) is 13.1 Å². The topological polar surface area (TPSA) is 79.0 Å². The lowest BCUT2D eigenvalue weighted by atomic mass is 9.98. The Balaban J connectivity index is 1.57. The zero-order valence-electron chi connectivity index (χ0n) is 15.9. The first-order valence-corrected chi connectivity index (χ1v) is 11.4. The van der Waals surface area contributed by atoms with Gasteiger partial charge in [-0.3, -0.25) is 9.69 Å². The molecule has 2 fully saturated rings. The van der Waals surface area contributed by atoms with Crippen LogP contribution >= 0.6 is 0 Å². The van der Waals surface area contributed by atoms with E-state index in [9.17, 15) is 13.2 Å². The van der Waals surface area contributed by atoms with Gasteiger partial charge in [0.2, 0.25) is 15.9 Å². The van der Waals surface area contributed by atoms with Gasteiger partial charge in [-0.1, -0.05) is 24.3 Å². The number of benzene rings is 1. The Morgan fingerprint density at radius 2 is 1.89 bits per heavy atom. The van der Waals surface area contributed by atoms with Gasteiger partial charge in [-0.15, -0.1) is 0 Å². The highest BCUT2D eigenvalue weighted by Crippen LogP contribution is 2.19. The Kier molecular flexibility index (Phi) is 6.86. The number of rotatable bonds is 6. The van der Waals surface area contributed by atoms with Crippen molar-refractivity contribution in [3.05, 3.63) is 35.4 Å². The molecule has 1 amide bonds. The average molecular weight is 396 g/mol. The lowest BCUT2D eigenvalue weighted by Crippen LogP contribution is -2.45. The number of piperidine rings is 1. The minimum absolute atomic E-state index is 0.0653. The number of sulfonamides is 1. The van der Waals surface area contributed by atoms with Gasteiger partial charge >= 0.3 is 0 Å². The van der Waals surface area contributed by atoms with E-state index in [0.717, 1.165) is 51.3 Å². The predicted octanol–water partition coefficient (Wildman–Crippen LogP) is 0.807. The lowest BCUT2D eigenvalue weighted by Gasteiger charge is -2.30. The summed E-state index contributed by atoms with van der Waals surface area (Å²) in [4.78, 5) is 14.9. The summed E-state index contributed by atoms with van der Waals surface area (Å²) in [5.41, 5.74) is 2.31. The number of hydrogen-bond acceptors (Lipinski definition) is 5. The Bertz CT molecular complexity index is 747. The van der Waals surface area contributed by atoms with Crippen LogP contribution in [0.1, 0.15) is 24.0 Å². The number of morpholine rings is 1. The van der Waals surface area contributed by atoms with E-state index in [1.807, 2.05) is 18.2 Å². The van der Waals surface area contributed by atoms with Gasteiger partial charge in [-0.25, -0.2) is 12.7 Å². The molecule has 1 aromatic rings. The maximum atomic E-state index is 12.6. The van der Waals surface area contributed by atoms with Crippen LogP contribution in [0.2, 0.25) is 0 Å². The fourth-order valence-corrected chi connectivity index (χ4v) is 4.58. The van der Waals surface area contributed by atoms with Crippen molar-refractivity contribution in [2.45, 2.75) is 25.9 Å². The van der Waals surface area contributed by atoms with Crippen molar-refractivity contribution in [1.29, 1.82) is 0 Å². The summed E-state index contributed by atoms with van der Waals surface area (Å²) >= 11 is 0. The third-order valence-corrected chi connectivity index (χ3v) is 6.56. The standard InChI is InChI=1S/C19H29N3O4S/c1-27(24,25)22-8-4-7-18(15-22)19(23)20-13-16-5-2-3-6-17(16)14-21-9-11-26-12-10-21/h2-3,5-6,18H,4,7-15H2,1H3,(H,20,23)/t18-/m0/s1. The van der Waals surface area contributed by atoms with E-state index in [2.05, 4.69) is 16.3 Å². The first-order valence-electron chi connectivity index (χ1n) is 9.53. The average Bonchev–Trinajstić information content (AvgIpc) is 2.67. The minimum atomic E-state index is -3.24. The smallest absolute Gasteiger partial charge is 0.224 e. The molecule has 3 rings (SSSR count). The van der Waals surface area contributed by atoms with Crippen LogP contribution in [0.3, 0.4) is 0 Å². The summed E-state index contributed by atoms with van der Waals surface area (Å²) in [7, 11) is -3.24. The molecular weight excluding hydrogens is 366 g/mol. The van der Waals surface area contributed by atoms with E-state index in [4.69, 9.17) is 4.74 Å². The van der Waals surface area contributed by atoms with Crippen molar-refractivity contribution in [2.75, 3.05) is 45.6 Å². The van der Waals surface area contributed by atoms with Gasteiger partial charge in [0, 0.05) is 39.3 Å². The Morgan fingerprint density at radius 3 is 2.59 bits per heavy atom. The van der Waals surface area contributed by atoms with E-state index in [1.165, 1.54) is 16.1 Å². The van der Waals surface area contributed by atoms with Crippen molar-refractivity contribution in [2.24, 2.45) is 5.92 Å². The van der Waals surface area contributed by atoms with Crippen LogP contribution in [0.4, 0.5) is 0 Å². The molecule has 2 saturated heterocycles. The molecule has 1 aromatic carbocycles. The van der Waals surface area contributed by atoms with Crippen LogP contribution in [0.5, 0.6) is 0 Å². The number of nitrogens with one attached hydrogen (secondary N) is 1. The molecule has 0 bridgehead atoms. The monoisotopic (exact) mass is 395 g/mol. The normalized spacial score (nSPS) is 22.5. The Morgan fingerprint density at radius 1 is 1.19 bits per heavy atom. The highest BCUT2D eigenvalue weighted by atomic mass is 32.2. The zero-order valence-corrected chi connectivity index (χ0v) is 16.7. The van der Waals surface area contributed by atoms with Crippen molar-refractivity contribution in [3.63, 3.8) is 0 Å². The minimum Gasteiger partial charge on any atom is -0.379 e. The Labute approximate surface area is 161 Å². The first-order chi connectivity index (χ1) is 12.9. The molecule has 0 saturated carbocycles. The highest BCUT2D eigenvalue weighted by Gasteiger charge is 2.30. The van der Waals surface area contributed by atoms with Gasteiger partial charge in [-0.05, 0) is 24.0 Å². The summed E-state index contributed by atoms with van der Waals surface area (Å²) in [5, 5.41) is 3.01.